The molecule has 5 heteroatoms. The van der Waals surface area contributed by atoms with E-state index < -0.39 is 0 Å². The van der Waals surface area contributed by atoms with Crippen molar-refractivity contribution < 1.29 is 4.74 Å². The Hall–Kier alpha value is -2.40. The van der Waals surface area contributed by atoms with Crippen molar-refractivity contribution >= 4 is 11.3 Å². The highest BCUT2D eigenvalue weighted by molar-refractivity contribution is 5.67. The summed E-state index contributed by atoms with van der Waals surface area (Å²) in [6.45, 7) is 5.32. The quantitative estimate of drug-likeness (QED) is 0.759. The Morgan fingerprint density at radius 1 is 1.27 bits per heavy atom. The first-order valence-corrected chi connectivity index (χ1v) is 7.49. The van der Waals surface area contributed by atoms with Crippen LogP contribution in [0, 0.1) is 6.92 Å². The van der Waals surface area contributed by atoms with Crippen LogP contribution in [0.2, 0.25) is 0 Å². The third-order valence-electron chi connectivity index (χ3n) is 3.51. The lowest BCUT2D eigenvalue weighted by atomic mass is 10.1. The van der Waals surface area contributed by atoms with Gasteiger partial charge in [0.05, 0.1) is 11.8 Å². The highest BCUT2D eigenvalue weighted by atomic mass is 16.5. The zero-order valence-electron chi connectivity index (χ0n) is 12.9. The molecule has 1 atom stereocenters. The van der Waals surface area contributed by atoms with E-state index in [9.17, 15) is 0 Å². The van der Waals surface area contributed by atoms with Crippen molar-refractivity contribution in [1.29, 1.82) is 0 Å². The molecule has 1 unspecified atom stereocenters. The second-order valence-electron chi connectivity index (χ2n) is 5.13. The molecule has 22 heavy (non-hydrogen) atoms. The van der Waals surface area contributed by atoms with Crippen LogP contribution in [0.4, 0.5) is 5.82 Å². The second kappa shape index (κ2) is 6.58. The topological polar surface area (TPSA) is 51.5 Å². The second-order valence-corrected chi connectivity index (χ2v) is 5.13. The first-order valence-electron chi connectivity index (χ1n) is 7.49. The summed E-state index contributed by atoms with van der Waals surface area (Å²) >= 11 is 0. The Labute approximate surface area is 130 Å². The van der Waals surface area contributed by atoms with E-state index in [1.54, 1.807) is 6.20 Å². The van der Waals surface area contributed by atoms with Gasteiger partial charge in [0.25, 0.3) is 0 Å². The summed E-state index contributed by atoms with van der Waals surface area (Å²) in [5, 5.41) is 7.79. The van der Waals surface area contributed by atoms with Crippen LogP contribution < -0.4 is 5.32 Å². The van der Waals surface area contributed by atoms with Crippen LogP contribution >= 0.6 is 0 Å². The molecule has 1 N–H and O–H groups in total. The average molecular weight is 296 g/mol. The number of ether oxygens (including phenoxy) is 1. The number of hydrogen-bond acceptors (Lipinski definition) is 4. The van der Waals surface area contributed by atoms with Gasteiger partial charge in [0.15, 0.2) is 5.82 Å². The minimum Gasteiger partial charge on any atom is -0.372 e. The summed E-state index contributed by atoms with van der Waals surface area (Å²) in [6, 6.07) is 12.3. The normalized spacial score (nSPS) is 12.5. The van der Waals surface area contributed by atoms with Crippen LogP contribution in [0.5, 0.6) is 0 Å². The fourth-order valence-corrected chi connectivity index (χ4v) is 2.51. The van der Waals surface area contributed by atoms with Crippen molar-refractivity contribution in [2.75, 3.05) is 18.5 Å². The van der Waals surface area contributed by atoms with Gasteiger partial charge < -0.3 is 10.1 Å². The van der Waals surface area contributed by atoms with Crippen molar-refractivity contribution in [3.05, 3.63) is 60.0 Å². The highest BCUT2D eigenvalue weighted by Gasteiger charge is 2.12. The molecule has 3 aromatic rings. The summed E-state index contributed by atoms with van der Waals surface area (Å²) in [7, 11) is 0. The van der Waals surface area contributed by atoms with E-state index in [0.29, 0.717) is 13.2 Å². The fraction of sp³-hybridized carbons (Fsp3) is 0.294. The van der Waals surface area contributed by atoms with Gasteiger partial charge in [-0.25, -0.2) is 9.50 Å². The van der Waals surface area contributed by atoms with Crippen LogP contribution in [-0.4, -0.2) is 27.7 Å². The Morgan fingerprint density at radius 2 is 2.09 bits per heavy atom. The number of aromatic nitrogens is 3. The molecule has 0 spiro atoms. The maximum Gasteiger partial charge on any atom is 0.152 e. The van der Waals surface area contributed by atoms with E-state index in [2.05, 4.69) is 27.5 Å². The van der Waals surface area contributed by atoms with Crippen LogP contribution in [0.3, 0.4) is 0 Å². The third kappa shape index (κ3) is 3.09. The molecular formula is C17H20N4O. The maximum absolute atomic E-state index is 5.85. The van der Waals surface area contributed by atoms with E-state index in [0.717, 1.165) is 22.6 Å². The van der Waals surface area contributed by atoms with Crippen LogP contribution in [0.25, 0.3) is 5.52 Å². The fourth-order valence-electron chi connectivity index (χ4n) is 2.51. The summed E-state index contributed by atoms with van der Waals surface area (Å²) in [5.41, 5.74) is 3.11. The molecule has 0 saturated heterocycles. The number of rotatable bonds is 6. The molecule has 2 heterocycles. The number of nitrogens with zero attached hydrogens (tertiary/aromatic N) is 3. The summed E-state index contributed by atoms with van der Waals surface area (Å²) in [5.74, 6) is 0.823. The van der Waals surface area contributed by atoms with E-state index in [-0.39, 0.29) is 6.10 Å². The van der Waals surface area contributed by atoms with E-state index >= 15 is 0 Å². The minimum atomic E-state index is -0.00252. The molecule has 5 nitrogen and oxygen atoms in total. The van der Waals surface area contributed by atoms with Crippen molar-refractivity contribution in [3.8, 4) is 0 Å². The summed E-state index contributed by atoms with van der Waals surface area (Å²) < 4.78 is 7.69. The molecular weight excluding hydrogens is 276 g/mol. The molecule has 0 radical (unpaired) electrons. The summed E-state index contributed by atoms with van der Waals surface area (Å²) in [4.78, 5) is 4.42. The van der Waals surface area contributed by atoms with Crippen molar-refractivity contribution in [2.24, 2.45) is 0 Å². The predicted octanol–water partition coefficient (Wildman–Crippen LogP) is 3.23. The lowest BCUT2D eigenvalue weighted by Crippen LogP contribution is -2.17. The molecule has 0 saturated carbocycles. The van der Waals surface area contributed by atoms with Gasteiger partial charge in [0, 0.05) is 25.5 Å². The minimum absolute atomic E-state index is 0.00252. The molecule has 0 amide bonds. The molecule has 0 aliphatic carbocycles. The Bertz CT molecular complexity index is 739. The van der Waals surface area contributed by atoms with Crippen LogP contribution in [-0.2, 0) is 4.74 Å². The molecule has 1 aromatic carbocycles. The lowest BCUT2D eigenvalue weighted by Gasteiger charge is -2.18. The number of aryl methyl sites for hydroxylation is 1. The molecule has 114 valence electrons. The highest BCUT2D eigenvalue weighted by Crippen LogP contribution is 2.20. The first kappa shape index (κ1) is 14.5. The van der Waals surface area contributed by atoms with Gasteiger partial charge in [-0.05, 0) is 25.5 Å². The standard InChI is InChI=1S/C17H20N4O/c1-3-22-16(14-7-5-4-6-8-14)12-19-17-15-11-13(2)20-21(15)10-9-18-17/h4-11,16H,3,12H2,1-2H3,(H,18,19). The molecule has 2 aromatic heterocycles. The largest absolute Gasteiger partial charge is 0.372 e. The molecule has 3 rings (SSSR count). The predicted molar refractivity (Wildman–Crippen MR) is 87.0 cm³/mol. The van der Waals surface area contributed by atoms with Gasteiger partial charge in [-0.15, -0.1) is 0 Å². The van der Waals surface area contributed by atoms with Gasteiger partial charge in [-0.2, -0.15) is 5.10 Å². The SMILES string of the molecule is CCOC(CNc1nccn2nc(C)cc12)c1ccccc1. The van der Waals surface area contributed by atoms with Gasteiger partial charge in [-0.3, -0.25) is 0 Å². The van der Waals surface area contributed by atoms with Crippen molar-refractivity contribution in [1.82, 2.24) is 14.6 Å². The number of fused-ring (bicyclic) bond motifs is 1. The van der Waals surface area contributed by atoms with E-state index in [1.165, 1.54) is 0 Å². The van der Waals surface area contributed by atoms with Crippen LogP contribution in [0.1, 0.15) is 24.3 Å². The van der Waals surface area contributed by atoms with Crippen molar-refractivity contribution in [2.45, 2.75) is 20.0 Å². The smallest absolute Gasteiger partial charge is 0.152 e. The monoisotopic (exact) mass is 296 g/mol. The Kier molecular flexibility index (Phi) is 4.34. The third-order valence-corrected chi connectivity index (χ3v) is 3.51. The molecule has 0 fully saturated rings. The van der Waals surface area contributed by atoms with Crippen LogP contribution in [0.15, 0.2) is 48.8 Å². The molecule has 0 aliphatic heterocycles. The average Bonchev–Trinajstić information content (AvgIpc) is 2.93. The molecule has 0 aliphatic rings. The number of hydrogen-bond donors (Lipinski definition) is 1. The maximum atomic E-state index is 5.85. The first-order chi connectivity index (χ1) is 10.8. The van der Waals surface area contributed by atoms with Gasteiger partial charge >= 0.3 is 0 Å². The number of anilines is 1. The number of nitrogens with one attached hydrogen (secondary N) is 1. The van der Waals surface area contributed by atoms with E-state index in [4.69, 9.17) is 4.74 Å². The number of benzene rings is 1. The molecule has 0 bridgehead atoms. The van der Waals surface area contributed by atoms with E-state index in [1.807, 2.05) is 48.8 Å². The summed E-state index contributed by atoms with van der Waals surface area (Å²) in [6.07, 6.45) is 3.60. The van der Waals surface area contributed by atoms with Crippen molar-refractivity contribution in [3.63, 3.8) is 0 Å². The zero-order valence-corrected chi connectivity index (χ0v) is 12.9. The van der Waals surface area contributed by atoms with Gasteiger partial charge in [-0.1, -0.05) is 30.3 Å². The Balaban J connectivity index is 1.79. The Morgan fingerprint density at radius 3 is 2.86 bits per heavy atom. The van der Waals surface area contributed by atoms with Gasteiger partial charge in [0.2, 0.25) is 0 Å². The lowest BCUT2D eigenvalue weighted by molar-refractivity contribution is 0.0718. The van der Waals surface area contributed by atoms with Gasteiger partial charge in [0.1, 0.15) is 5.52 Å². The zero-order chi connectivity index (χ0) is 15.4.